The second-order valence-corrected chi connectivity index (χ2v) is 6.16. The summed E-state index contributed by atoms with van der Waals surface area (Å²) in [5.74, 6) is 0.584. The van der Waals surface area contributed by atoms with Crippen LogP contribution in [0.5, 0.6) is 0 Å². The van der Waals surface area contributed by atoms with E-state index in [2.05, 4.69) is 4.90 Å². The van der Waals surface area contributed by atoms with Crippen LogP contribution in [0, 0.1) is 0 Å². The molecule has 0 aromatic rings. The quantitative estimate of drug-likeness (QED) is 0.768. The van der Waals surface area contributed by atoms with E-state index in [-0.39, 0.29) is 5.91 Å². The van der Waals surface area contributed by atoms with Crippen molar-refractivity contribution in [2.45, 2.75) is 45.4 Å². The van der Waals surface area contributed by atoms with E-state index < -0.39 is 0 Å². The summed E-state index contributed by atoms with van der Waals surface area (Å²) in [5, 5.41) is 0. The predicted molar refractivity (Wildman–Crippen MR) is 83.0 cm³/mol. The fraction of sp³-hybridized carbons (Fsp3) is 0.875. The van der Waals surface area contributed by atoms with E-state index in [1.54, 1.807) is 0 Å². The molecule has 2 aliphatic rings. The maximum atomic E-state index is 12.1. The van der Waals surface area contributed by atoms with Gasteiger partial charge in [0.1, 0.15) is 0 Å². The van der Waals surface area contributed by atoms with Gasteiger partial charge < -0.3 is 9.80 Å². The zero-order valence-corrected chi connectivity index (χ0v) is 13.4. The van der Waals surface area contributed by atoms with E-state index >= 15 is 0 Å². The van der Waals surface area contributed by atoms with Crippen molar-refractivity contribution in [3.05, 3.63) is 0 Å². The largest absolute Gasteiger partial charge is 0.343 e. The molecule has 21 heavy (non-hydrogen) atoms. The Morgan fingerprint density at radius 2 is 1.33 bits per heavy atom. The van der Waals surface area contributed by atoms with Gasteiger partial charge in [-0.15, -0.1) is 0 Å². The van der Waals surface area contributed by atoms with E-state index in [1.807, 2.05) is 16.7 Å². The standard InChI is InChI=1S/C16H29N3O2/c1-2-6-15(20)19-13-11-17(12-14-19)10-7-16(21)18-8-4-3-5-9-18/h2-14H2,1H3. The molecule has 0 saturated carbocycles. The molecule has 5 nitrogen and oxygen atoms in total. The Morgan fingerprint density at radius 3 is 1.95 bits per heavy atom. The molecule has 2 aliphatic heterocycles. The number of hydrogen-bond donors (Lipinski definition) is 0. The van der Waals surface area contributed by atoms with Crippen molar-refractivity contribution >= 4 is 11.8 Å². The van der Waals surface area contributed by atoms with Crippen LogP contribution in [0.15, 0.2) is 0 Å². The van der Waals surface area contributed by atoms with E-state index in [9.17, 15) is 9.59 Å². The van der Waals surface area contributed by atoms with Crippen molar-refractivity contribution in [3.8, 4) is 0 Å². The lowest BCUT2D eigenvalue weighted by molar-refractivity contribution is -0.135. The Morgan fingerprint density at radius 1 is 0.762 bits per heavy atom. The minimum Gasteiger partial charge on any atom is -0.343 e. The van der Waals surface area contributed by atoms with Crippen molar-refractivity contribution in [1.29, 1.82) is 0 Å². The van der Waals surface area contributed by atoms with E-state index in [4.69, 9.17) is 0 Å². The fourth-order valence-electron chi connectivity index (χ4n) is 3.15. The molecule has 0 unspecified atom stereocenters. The second-order valence-electron chi connectivity index (χ2n) is 6.16. The second kappa shape index (κ2) is 8.37. The third kappa shape index (κ3) is 4.99. The number of piperidine rings is 1. The van der Waals surface area contributed by atoms with Gasteiger partial charge >= 0.3 is 0 Å². The first kappa shape index (κ1) is 16.3. The van der Waals surface area contributed by atoms with Crippen LogP contribution in [0.3, 0.4) is 0 Å². The molecule has 2 rings (SSSR count). The molecule has 2 fully saturated rings. The predicted octanol–water partition coefficient (Wildman–Crippen LogP) is 1.33. The first-order valence-electron chi connectivity index (χ1n) is 8.48. The molecule has 120 valence electrons. The Bertz CT molecular complexity index is 345. The summed E-state index contributed by atoms with van der Waals surface area (Å²) in [4.78, 5) is 30.3. The Kier molecular flexibility index (Phi) is 6.49. The summed E-state index contributed by atoms with van der Waals surface area (Å²) < 4.78 is 0. The van der Waals surface area contributed by atoms with Crippen molar-refractivity contribution < 1.29 is 9.59 Å². The van der Waals surface area contributed by atoms with Gasteiger partial charge in [-0.2, -0.15) is 0 Å². The first-order chi connectivity index (χ1) is 10.2. The maximum Gasteiger partial charge on any atom is 0.223 e. The normalized spacial score (nSPS) is 20.6. The number of amides is 2. The molecule has 2 heterocycles. The van der Waals surface area contributed by atoms with Crippen LogP contribution >= 0.6 is 0 Å². The average molecular weight is 295 g/mol. The highest BCUT2D eigenvalue weighted by atomic mass is 16.2. The third-order valence-corrected chi connectivity index (χ3v) is 4.54. The topological polar surface area (TPSA) is 43.9 Å². The summed E-state index contributed by atoms with van der Waals surface area (Å²) >= 11 is 0. The minimum atomic E-state index is 0.279. The number of hydrogen-bond acceptors (Lipinski definition) is 3. The lowest BCUT2D eigenvalue weighted by Gasteiger charge is -2.35. The van der Waals surface area contributed by atoms with Crippen molar-refractivity contribution in [3.63, 3.8) is 0 Å². The van der Waals surface area contributed by atoms with Crippen LogP contribution < -0.4 is 0 Å². The zero-order valence-electron chi connectivity index (χ0n) is 13.4. The molecule has 0 aliphatic carbocycles. The average Bonchev–Trinajstić information content (AvgIpc) is 2.54. The van der Waals surface area contributed by atoms with E-state index in [0.29, 0.717) is 18.7 Å². The van der Waals surface area contributed by atoms with E-state index in [1.165, 1.54) is 6.42 Å². The number of carbonyl (C=O) groups is 2. The van der Waals surface area contributed by atoms with Gasteiger partial charge in [0.15, 0.2) is 0 Å². The summed E-state index contributed by atoms with van der Waals surface area (Å²) in [7, 11) is 0. The lowest BCUT2D eigenvalue weighted by Crippen LogP contribution is -2.49. The van der Waals surface area contributed by atoms with Crippen LogP contribution in [0.2, 0.25) is 0 Å². The van der Waals surface area contributed by atoms with Gasteiger partial charge in [-0.25, -0.2) is 0 Å². The highest BCUT2D eigenvalue weighted by Crippen LogP contribution is 2.11. The smallest absolute Gasteiger partial charge is 0.223 e. The van der Waals surface area contributed by atoms with Gasteiger partial charge in [0.05, 0.1) is 0 Å². The van der Waals surface area contributed by atoms with Gasteiger partial charge in [-0.05, 0) is 25.7 Å². The lowest BCUT2D eigenvalue weighted by atomic mass is 10.1. The van der Waals surface area contributed by atoms with Crippen molar-refractivity contribution in [1.82, 2.24) is 14.7 Å². The SMILES string of the molecule is CCCC(=O)N1CCN(CCC(=O)N2CCCCC2)CC1. The monoisotopic (exact) mass is 295 g/mol. The fourth-order valence-corrected chi connectivity index (χ4v) is 3.15. The molecule has 2 saturated heterocycles. The highest BCUT2D eigenvalue weighted by Gasteiger charge is 2.22. The molecular formula is C16H29N3O2. The van der Waals surface area contributed by atoms with Gasteiger partial charge in [-0.1, -0.05) is 6.92 Å². The van der Waals surface area contributed by atoms with E-state index in [0.717, 1.165) is 65.1 Å². The van der Waals surface area contributed by atoms with Crippen LogP contribution in [0.25, 0.3) is 0 Å². The molecular weight excluding hydrogens is 266 g/mol. The highest BCUT2D eigenvalue weighted by molar-refractivity contribution is 5.77. The first-order valence-corrected chi connectivity index (χ1v) is 8.48. The molecule has 0 radical (unpaired) electrons. The van der Waals surface area contributed by atoms with Gasteiger partial charge in [0, 0.05) is 58.7 Å². The van der Waals surface area contributed by atoms with Crippen LogP contribution in [-0.4, -0.2) is 72.3 Å². The summed E-state index contributed by atoms with van der Waals surface area (Å²) in [6, 6.07) is 0. The molecule has 5 heteroatoms. The molecule has 0 N–H and O–H groups in total. The number of carbonyl (C=O) groups excluding carboxylic acids is 2. The van der Waals surface area contributed by atoms with Crippen molar-refractivity contribution in [2.75, 3.05) is 45.8 Å². The summed E-state index contributed by atoms with van der Waals surface area (Å²) in [5.41, 5.74) is 0. The Balaban J connectivity index is 1.64. The summed E-state index contributed by atoms with van der Waals surface area (Å²) in [6.45, 7) is 8.21. The van der Waals surface area contributed by atoms with Crippen LogP contribution in [0.4, 0.5) is 0 Å². The Hall–Kier alpha value is -1.10. The molecule has 0 bridgehead atoms. The number of rotatable bonds is 5. The van der Waals surface area contributed by atoms with Crippen molar-refractivity contribution in [2.24, 2.45) is 0 Å². The summed E-state index contributed by atoms with van der Waals surface area (Å²) in [6.07, 6.45) is 5.78. The number of nitrogens with zero attached hydrogens (tertiary/aromatic N) is 3. The van der Waals surface area contributed by atoms with Gasteiger partial charge in [0.2, 0.25) is 11.8 Å². The molecule has 0 spiro atoms. The zero-order chi connectivity index (χ0) is 15.1. The number of piperazine rings is 1. The number of likely N-dealkylation sites (tertiary alicyclic amines) is 1. The molecule has 2 amide bonds. The molecule has 0 aromatic heterocycles. The minimum absolute atomic E-state index is 0.279. The van der Waals surface area contributed by atoms with Gasteiger partial charge in [-0.3, -0.25) is 14.5 Å². The molecule has 0 atom stereocenters. The third-order valence-electron chi connectivity index (χ3n) is 4.54. The van der Waals surface area contributed by atoms with Gasteiger partial charge in [0.25, 0.3) is 0 Å². The van der Waals surface area contributed by atoms with Crippen LogP contribution in [0.1, 0.15) is 45.4 Å². The Labute approximate surface area is 128 Å². The molecule has 0 aromatic carbocycles. The maximum absolute atomic E-state index is 12.1. The van der Waals surface area contributed by atoms with Crippen LogP contribution in [-0.2, 0) is 9.59 Å².